The molecular formula is C22H46ClNO2Si. The fourth-order valence-corrected chi connectivity index (χ4v) is 4.60. The molecule has 3 nitrogen and oxygen atoms in total. The molecule has 0 aromatic carbocycles. The molecule has 0 aromatic rings. The van der Waals surface area contributed by atoms with Crippen molar-refractivity contribution >= 4 is 24.6 Å². The van der Waals surface area contributed by atoms with E-state index in [1.54, 1.807) is 0 Å². The van der Waals surface area contributed by atoms with Crippen LogP contribution in [0.3, 0.4) is 0 Å². The minimum atomic E-state index is -1.53. The SMILES string of the molecule is CCCCCCCCCCCCCCCCNC(=O)OCCC[Si](C)(C)Cl. The number of hydrogen-bond acceptors (Lipinski definition) is 2. The Morgan fingerprint density at radius 3 is 1.67 bits per heavy atom. The lowest BCUT2D eigenvalue weighted by Crippen LogP contribution is -2.26. The molecule has 1 N–H and O–H groups in total. The molecule has 0 saturated heterocycles. The van der Waals surface area contributed by atoms with Crippen molar-refractivity contribution in [3.63, 3.8) is 0 Å². The molecule has 0 aliphatic rings. The van der Waals surface area contributed by atoms with E-state index in [0.717, 1.165) is 25.4 Å². The highest BCUT2D eigenvalue weighted by atomic mass is 35.6. The molecule has 0 heterocycles. The highest BCUT2D eigenvalue weighted by Crippen LogP contribution is 2.16. The van der Waals surface area contributed by atoms with Gasteiger partial charge in [0.25, 0.3) is 0 Å². The first-order valence-corrected chi connectivity index (χ1v) is 15.8. The van der Waals surface area contributed by atoms with Crippen LogP contribution < -0.4 is 5.32 Å². The number of amides is 1. The number of ether oxygens (including phenoxy) is 1. The molecule has 1 amide bonds. The summed E-state index contributed by atoms with van der Waals surface area (Å²) in [5, 5.41) is 2.84. The van der Waals surface area contributed by atoms with Gasteiger partial charge in [0.2, 0.25) is 0 Å². The highest BCUT2D eigenvalue weighted by molar-refractivity contribution is 7.19. The van der Waals surface area contributed by atoms with Crippen LogP contribution in [0.1, 0.15) is 103 Å². The van der Waals surface area contributed by atoms with Crippen LogP contribution in [0.15, 0.2) is 0 Å². The third-order valence-electron chi connectivity index (χ3n) is 4.95. The molecule has 0 aromatic heterocycles. The van der Waals surface area contributed by atoms with Gasteiger partial charge in [-0.2, -0.15) is 11.1 Å². The first kappa shape index (κ1) is 26.8. The smallest absolute Gasteiger partial charge is 0.407 e. The zero-order chi connectivity index (χ0) is 20.2. The molecule has 0 spiro atoms. The van der Waals surface area contributed by atoms with Crippen molar-refractivity contribution in [1.82, 2.24) is 5.32 Å². The Balaban J connectivity index is 3.17. The van der Waals surface area contributed by atoms with Gasteiger partial charge in [-0.1, -0.05) is 103 Å². The Morgan fingerprint density at radius 1 is 0.778 bits per heavy atom. The number of rotatable bonds is 19. The Labute approximate surface area is 175 Å². The fraction of sp³-hybridized carbons (Fsp3) is 0.955. The highest BCUT2D eigenvalue weighted by Gasteiger charge is 2.16. The zero-order valence-corrected chi connectivity index (χ0v) is 20.2. The van der Waals surface area contributed by atoms with Crippen LogP contribution in [-0.4, -0.2) is 26.6 Å². The van der Waals surface area contributed by atoms with Crippen LogP contribution in [0.4, 0.5) is 4.79 Å². The average molecular weight is 420 g/mol. The Bertz CT molecular complexity index is 335. The summed E-state index contributed by atoms with van der Waals surface area (Å²) in [7, 11) is -1.53. The number of carbonyl (C=O) groups is 1. The van der Waals surface area contributed by atoms with Gasteiger partial charge in [-0.25, -0.2) is 4.79 Å². The Morgan fingerprint density at radius 2 is 1.22 bits per heavy atom. The summed E-state index contributed by atoms with van der Waals surface area (Å²) in [6.45, 7) is 7.71. The molecule has 0 unspecified atom stereocenters. The van der Waals surface area contributed by atoms with Gasteiger partial charge in [0, 0.05) is 6.54 Å². The van der Waals surface area contributed by atoms with Crippen molar-refractivity contribution in [3.8, 4) is 0 Å². The van der Waals surface area contributed by atoms with E-state index < -0.39 is 7.38 Å². The molecule has 162 valence electrons. The molecule has 0 fully saturated rings. The van der Waals surface area contributed by atoms with Crippen LogP contribution in [0.5, 0.6) is 0 Å². The number of unbranched alkanes of at least 4 members (excludes halogenated alkanes) is 13. The van der Waals surface area contributed by atoms with E-state index in [0.29, 0.717) is 6.61 Å². The quantitative estimate of drug-likeness (QED) is 0.131. The summed E-state index contributed by atoms with van der Waals surface area (Å²) in [5.41, 5.74) is 0. The minimum absolute atomic E-state index is 0.279. The number of alkyl carbamates (subject to hydrolysis) is 1. The van der Waals surface area contributed by atoms with Gasteiger partial charge >= 0.3 is 6.09 Å². The normalized spacial score (nSPS) is 11.6. The number of nitrogens with one attached hydrogen (secondary N) is 1. The topological polar surface area (TPSA) is 38.3 Å². The van der Waals surface area contributed by atoms with Crippen molar-refractivity contribution < 1.29 is 9.53 Å². The van der Waals surface area contributed by atoms with Crippen LogP contribution in [0, 0.1) is 0 Å². The molecule has 0 saturated carbocycles. The molecule has 0 radical (unpaired) electrons. The van der Waals surface area contributed by atoms with E-state index in [2.05, 4.69) is 25.3 Å². The summed E-state index contributed by atoms with van der Waals surface area (Å²) in [4.78, 5) is 11.5. The predicted molar refractivity (Wildman–Crippen MR) is 122 cm³/mol. The Kier molecular flexibility index (Phi) is 19.0. The van der Waals surface area contributed by atoms with Crippen LogP contribution in [-0.2, 0) is 4.74 Å². The van der Waals surface area contributed by atoms with Gasteiger partial charge < -0.3 is 10.1 Å². The van der Waals surface area contributed by atoms with Crippen molar-refractivity contribution in [3.05, 3.63) is 0 Å². The predicted octanol–water partition coefficient (Wildman–Crippen LogP) is 8.03. The van der Waals surface area contributed by atoms with Gasteiger partial charge in [0.15, 0.2) is 7.38 Å². The number of carbonyl (C=O) groups excluding carboxylic acids is 1. The Hall–Kier alpha value is -0.223. The van der Waals surface area contributed by atoms with Crippen LogP contribution in [0.2, 0.25) is 19.1 Å². The number of hydrogen-bond donors (Lipinski definition) is 1. The second-order valence-electron chi connectivity index (χ2n) is 8.48. The van der Waals surface area contributed by atoms with Gasteiger partial charge in [-0.15, -0.1) is 0 Å². The van der Waals surface area contributed by atoms with Crippen molar-refractivity contribution in [2.24, 2.45) is 0 Å². The summed E-state index contributed by atoms with van der Waals surface area (Å²) >= 11 is 6.24. The van der Waals surface area contributed by atoms with Gasteiger partial charge in [-0.3, -0.25) is 0 Å². The number of halogens is 1. The van der Waals surface area contributed by atoms with Gasteiger partial charge in [-0.05, 0) is 18.9 Å². The lowest BCUT2D eigenvalue weighted by Gasteiger charge is -2.12. The molecule has 27 heavy (non-hydrogen) atoms. The third kappa shape index (κ3) is 23.7. The minimum Gasteiger partial charge on any atom is -0.450 e. The first-order chi connectivity index (χ1) is 13.0. The third-order valence-corrected chi connectivity index (χ3v) is 7.06. The molecule has 0 rings (SSSR count). The second kappa shape index (κ2) is 19.1. The maximum atomic E-state index is 11.5. The summed E-state index contributed by atoms with van der Waals surface area (Å²) in [5.74, 6) is 0. The molecular weight excluding hydrogens is 374 g/mol. The largest absolute Gasteiger partial charge is 0.450 e. The van der Waals surface area contributed by atoms with Gasteiger partial charge in [0.05, 0.1) is 6.61 Å². The lowest BCUT2D eigenvalue weighted by atomic mass is 10.0. The summed E-state index contributed by atoms with van der Waals surface area (Å²) in [6, 6.07) is 0.987. The molecule has 0 aliphatic heterocycles. The molecule has 0 bridgehead atoms. The zero-order valence-electron chi connectivity index (χ0n) is 18.4. The molecule has 0 aliphatic carbocycles. The lowest BCUT2D eigenvalue weighted by molar-refractivity contribution is 0.146. The van der Waals surface area contributed by atoms with E-state index in [1.807, 2.05) is 0 Å². The maximum Gasteiger partial charge on any atom is 0.407 e. The van der Waals surface area contributed by atoms with Crippen molar-refractivity contribution in [2.45, 2.75) is 122 Å². The van der Waals surface area contributed by atoms with E-state index in [1.165, 1.54) is 83.5 Å². The van der Waals surface area contributed by atoms with Crippen LogP contribution in [0.25, 0.3) is 0 Å². The molecule has 0 atom stereocenters. The van der Waals surface area contributed by atoms with E-state index in [-0.39, 0.29) is 6.09 Å². The molecule has 5 heteroatoms. The average Bonchev–Trinajstić information content (AvgIpc) is 2.61. The summed E-state index contributed by atoms with van der Waals surface area (Å²) < 4.78 is 5.17. The van der Waals surface area contributed by atoms with Crippen molar-refractivity contribution in [2.75, 3.05) is 13.2 Å². The van der Waals surface area contributed by atoms with E-state index in [4.69, 9.17) is 15.8 Å². The van der Waals surface area contributed by atoms with Gasteiger partial charge in [0.1, 0.15) is 0 Å². The summed E-state index contributed by atoms with van der Waals surface area (Å²) in [6.07, 6.45) is 19.5. The van der Waals surface area contributed by atoms with Crippen molar-refractivity contribution in [1.29, 1.82) is 0 Å². The standard InChI is InChI=1S/C22H46ClNO2Si/c1-4-5-6-7-8-9-10-11-12-13-14-15-16-17-19-24-22(25)26-20-18-21-27(2,3)23/h4-21H2,1-3H3,(H,24,25). The first-order valence-electron chi connectivity index (χ1n) is 11.6. The second-order valence-corrected chi connectivity index (χ2v) is 15.5. The maximum absolute atomic E-state index is 11.5. The van der Waals surface area contributed by atoms with Crippen LogP contribution >= 0.6 is 11.1 Å². The van der Waals surface area contributed by atoms with E-state index >= 15 is 0 Å². The monoisotopic (exact) mass is 419 g/mol. The fourth-order valence-electron chi connectivity index (χ4n) is 3.22. The van der Waals surface area contributed by atoms with E-state index in [9.17, 15) is 4.79 Å².